The third-order valence-corrected chi connectivity index (χ3v) is 4.08. The van der Waals surface area contributed by atoms with E-state index in [-0.39, 0.29) is 17.3 Å². The smallest absolute Gasteiger partial charge is 0.236 e. The van der Waals surface area contributed by atoms with Gasteiger partial charge in [0.1, 0.15) is 0 Å². The predicted octanol–water partition coefficient (Wildman–Crippen LogP) is -0.152. The number of hydrogen-bond acceptors (Lipinski definition) is 5. The Labute approximate surface area is 119 Å². The third kappa shape index (κ3) is 4.59. The lowest BCUT2D eigenvalue weighted by atomic mass is 10.1. The summed E-state index contributed by atoms with van der Waals surface area (Å²) in [6.45, 7) is 1.89. The molecule has 7 heteroatoms. The molecule has 0 aliphatic carbocycles. The Morgan fingerprint density at radius 1 is 1.30 bits per heavy atom. The first kappa shape index (κ1) is 16.6. The average Bonchev–Trinajstić information content (AvgIpc) is 2.42. The number of rotatable bonds is 6. The van der Waals surface area contributed by atoms with Crippen LogP contribution in [-0.2, 0) is 14.6 Å². The molecule has 2 unspecified atom stereocenters. The van der Waals surface area contributed by atoms with Crippen molar-refractivity contribution >= 4 is 15.7 Å². The van der Waals surface area contributed by atoms with E-state index in [4.69, 9.17) is 0 Å². The van der Waals surface area contributed by atoms with Gasteiger partial charge in [-0.1, -0.05) is 12.1 Å². The largest absolute Gasteiger partial charge is 0.387 e. The van der Waals surface area contributed by atoms with Gasteiger partial charge >= 0.3 is 0 Å². The summed E-state index contributed by atoms with van der Waals surface area (Å²) >= 11 is 0. The average molecular weight is 300 g/mol. The molecule has 1 rings (SSSR count). The SMILES string of the molecule is CNC(=O)C(C)NCC(O)c1ccc(S(C)(=O)=O)cc1. The zero-order valence-electron chi connectivity index (χ0n) is 11.8. The molecule has 0 spiro atoms. The highest BCUT2D eigenvalue weighted by molar-refractivity contribution is 7.90. The Balaban J connectivity index is 2.65. The molecular formula is C13H20N2O4S. The van der Waals surface area contributed by atoms with Crippen molar-refractivity contribution in [1.29, 1.82) is 0 Å². The first-order valence-electron chi connectivity index (χ1n) is 6.18. The van der Waals surface area contributed by atoms with E-state index >= 15 is 0 Å². The van der Waals surface area contributed by atoms with Gasteiger partial charge in [-0.15, -0.1) is 0 Å². The molecule has 0 aliphatic heterocycles. The second-order valence-electron chi connectivity index (χ2n) is 4.60. The van der Waals surface area contributed by atoms with Gasteiger partial charge < -0.3 is 15.7 Å². The number of likely N-dealkylation sites (N-methyl/N-ethyl adjacent to an activating group) is 1. The Kier molecular flexibility index (Phi) is 5.67. The molecule has 0 fully saturated rings. The van der Waals surface area contributed by atoms with E-state index in [9.17, 15) is 18.3 Å². The summed E-state index contributed by atoms with van der Waals surface area (Å²) in [7, 11) is -1.69. The number of aliphatic hydroxyl groups excluding tert-OH is 1. The second kappa shape index (κ2) is 6.83. The fraction of sp³-hybridized carbons (Fsp3) is 0.462. The van der Waals surface area contributed by atoms with Crippen LogP contribution in [0.25, 0.3) is 0 Å². The standard InChI is InChI=1S/C13H20N2O4S/c1-9(13(17)14-2)15-8-12(16)10-4-6-11(7-5-10)20(3,18)19/h4-7,9,12,15-16H,8H2,1-3H3,(H,14,17). The fourth-order valence-corrected chi connectivity index (χ4v) is 2.28. The van der Waals surface area contributed by atoms with Crippen molar-refractivity contribution in [3.05, 3.63) is 29.8 Å². The molecule has 0 saturated heterocycles. The summed E-state index contributed by atoms with van der Waals surface area (Å²) < 4.78 is 22.6. The van der Waals surface area contributed by atoms with Gasteiger partial charge in [-0.3, -0.25) is 4.79 Å². The maximum Gasteiger partial charge on any atom is 0.236 e. The summed E-state index contributed by atoms with van der Waals surface area (Å²) in [5.74, 6) is -0.162. The van der Waals surface area contributed by atoms with Crippen LogP contribution in [0.4, 0.5) is 0 Å². The van der Waals surface area contributed by atoms with Crippen molar-refractivity contribution in [3.8, 4) is 0 Å². The first-order valence-corrected chi connectivity index (χ1v) is 8.08. The molecule has 6 nitrogen and oxygen atoms in total. The zero-order valence-corrected chi connectivity index (χ0v) is 12.6. The van der Waals surface area contributed by atoms with Crippen molar-refractivity contribution in [2.45, 2.75) is 24.0 Å². The van der Waals surface area contributed by atoms with Crippen molar-refractivity contribution < 1.29 is 18.3 Å². The molecule has 1 amide bonds. The van der Waals surface area contributed by atoms with Crippen molar-refractivity contribution in [3.63, 3.8) is 0 Å². The predicted molar refractivity (Wildman–Crippen MR) is 76.0 cm³/mol. The first-order chi connectivity index (χ1) is 9.25. The van der Waals surface area contributed by atoms with E-state index in [0.717, 1.165) is 6.26 Å². The Morgan fingerprint density at radius 2 is 1.85 bits per heavy atom. The molecule has 0 radical (unpaired) electrons. The highest BCUT2D eigenvalue weighted by Gasteiger charge is 2.14. The number of aliphatic hydroxyl groups is 1. The van der Waals surface area contributed by atoms with Crippen LogP contribution in [0, 0.1) is 0 Å². The molecule has 0 aromatic heterocycles. The fourth-order valence-electron chi connectivity index (χ4n) is 1.65. The number of carbonyl (C=O) groups is 1. The maximum absolute atomic E-state index is 11.3. The summed E-state index contributed by atoms with van der Waals surface area (Å²) in [5.41, 5.74) is 0.592. The van der Waals surface area contributed by atoms with Crippen LogP contribution < -0.4 is 10.6 Å². The Morgan fingerprint density at radius 3 is 2.30 bits per heavy atom. The number of hydrogen-bond donors (Lipinski definition) is 3. The molecule has 0 saturated carbocycles. The van der Waals surface area contributed by atoms with Gasteiger partial charge in [-0.05, 0) is 24.6 Å². The Bertz CT molecular complexity index is 554. The van der Waals surface area contributed by atoms with E-state index in [0.29, 0.717) is 5.56 Å². The van der Waals surface area contributed by atoms with E-state index in [2.05, 4.69) is 10.6 Å². The van der Waals surface area contributed by atoms with Gasteiger partial charge in [0.25, 0.3) is 0 Å². The lowest BCUT2D eigenvalue weighted by Crippen LogP contribution is -2.42. The minimum atomic E-state index is -3.24. The second-order valence-corrected chi connectivity index (χ2v) is 6.62. The van der Waals surface area contributed by atoms with E-state index in [1.165, 1.54) is 12.1 Å². The zero-order chi connectivity index (χ0) is 15.3. The third-order valence-electron chi connectivity index (χ3n) is 2.95. The number of amides is 1. The summed E-state index contributed by atoms with van der Waals surface area (Å²) in [4.78, 5) is 11.5. The molecule has 3 N–H and O–H groups in total. The number of carbonyl (C=O) groups excluding carboxylic acids is 1. The van der Waals surface area contributed by atoms with Crippen LogP contribution in [0.1, 0.15) is 18.6 Å². The molecule has 2 atom stereocenters. The summed E-state index contributed by atoms with van der Waals surface area (Å²) in [6, 6.07) is 5.62. The number of nitrogens with one attached hydrogen (secondary N) is 2. The minimum absolute atomic E-state index is 0.162. The van der Waals surface area contributed by atoms with Crippen LogP contribution in [-0.4, -0.2) is 45.3 Å². The van der Waals surface area contributed by atoms with E-state index < -0.39 is 22.0 Å². The van der Waals surface area contributed by atoms with Gasteiger partial charge in [-0.2, -0.15) is 0 Å². The van der Waals surface area contributed by atoms with Gasteiger partial charge in [0.15, 0.2) is 9.84 Å². The monoisotopic (exact) mass is 300 g/mol. The molecule has 20 heavy (non-hydrogen) atoms. The van der Waals surface area contributed by atoms with Crippen molar-refractivity contribution in [1.82, 2.24) is 10.6 Å². The molecule has 0 aliphatic rings. The van der Waals surface area contributed by atoms with E-state index in [1.54, 1.807) is 26.1 Å². The minimum Gasteiger partial charge on any atom is -0.387 e. The van der Waals surface area contributed by atoms with Crippen molar-refractivity contribution in [2.24, 2.45) is 0 Å². The van der Waals surface area contributed by atoms with Gasteiger partial charge in [0.05, 0.1) is 17.0 Å². The lowest BCUT2D eigenvalue weighted by molar-refractivity contribution is -0.122. The van der Waals surface area contributed by atoms with Gasteiger partial charge in [0.2, 0.25) is 5.91 Å². The van der Waals surface area contributed by atoms with Gasteiger partial charge in [-0.25, -0.2) is 8.42 Å². The van der Waals surface area contributed by atoms with E-state index in [1.807, 2.05) is 0 Å². The normalized spacial score (nSPS) is 14.6. The van der Waals surface area contributed by atoms with Crippen molar-refractivity contribution in [2.75, 3.05) is 19.8 Å². The quantitative estimate of drug-likeness (QED) is 0.679. The van der Waals surface area contributed by atoms with Crippen LogP contribution in [0.3, 0.4) is 0 Å². The molecule has 1 aromatic rings. The molecule has 0 heterocycles. The number of benzene rings is 1. The summed E-state index contributed by atoms with van der Waals surface area (Å²) in [6.07, 6.45) is 0.320. The summed E-state index contributed by atoms with van der Waals surface area (Å²) in [5, 5.41) is 15.4. The molecule has 0 bridgehead atoms. The van der Waals surface area contributed by atoms with Crippen LogP contribution in [0.5, 0.6) is 0 Å². The maximum atomic E-state index is 11.3. The van der Waals surface area contributed by atoms with Crippen LogP contribution in [0.15, 0.2) is 29.2 Å². The molecular weight excluding hydrogens is 280 g/mol. The molecule has 112 valence electrons. The number of sulfone groups is 1. The van der Waals surface area contributed by atoms with Crippen LogP contribution >= 0.6 is 0 Å². The lowest BCUT2D eigenvalue weighted by Gasteiger charge is -2.16. The topological polar surface area (TPSA) is 95.5 Å². The Hall–Kier alpha value is -1.44. The van der Waals surface area contributed by atoms with Gasteiger partial charge in [0, 0.05) is 19.8 Å². The van der Waals surface area contributed by atoms with Crippen LogP contribution in [0.2, 0.25) is 0 Å². The highest BCUT2D eigenvalue weighted by atomic mass is 32.2. The molecule has 1 aromatic carbocycles. The highest BCUT2D eigenvalue weighted by Crippen LogP contribution is 2.16.